The number of thiol groups is 2. The Morgan fingerprint density at radius 2 is 0.351 bits per heavy atom. The molecule has 20 nitrogen and oxygen atoms in total. The standard InChI is InChI=1S/C74H150O20S3/c1-5-7-9-11-13-15-17-19-21-23-25-27-29-31-33-35-73(3)95-71-69-91-63-61-87-55-53-83-47-45-79-39-37-77-41-43-81-49-51-85-57-59-89-65-67-93-97(75,76)94-68-66-90-60-58-86-52-50-82-44-42-78-38-40-80-46-48-84-54-56-88-62-64-92-70-72-96-74(4)36-34-32-30-28-26-24-22-20-18-16-14-12-10-8-6-2/h73-74H,5-72H2,1-4H3/p+2. The van der Waals surface area contributed by atoms with Crippen molar-refractivity contribution in [1.29, 1.82) is 0 Å². The second-order valence-corrected chi connectivity index (χ2v) is 29.5. The van der Waals surface area contributed by atoms with Gasteiger partial charge in [0.2, 0.25) is 0 Å². The summed E-state index contributed by atoms with van der Waals surface area (Å²) in [5.74, 6) is 2.18. The zero-order chi connectivity index (χ0) is 69.9. The van der Waals surface area contributed by atoms with Gasteiger partial charge in [-0.2, -0.15) is 8.42 Å². The predicted molar refractivity (Wildman–Crippen MR) is 399 cm³/mol. The molecule has 0 N–H and O–H groups in total. The second-order valence-electron chi connectivity index (χ2n) is 24.8. The summed E-state index contributed by atoms with van der Waals surface area (Å²) in [4.78, 5) is 0. The minimum Gasteiger partial charge on any atom is -0.377 e. The normalized spacial score (nSPS) is 12.7. The van der Waals surface area contributed by atoms with E-state index in [1.54, 1.807) is 0 Å². The molecule has 0 rings (SSSR count). The molecule has 0 aliphatic rings. The van der Waals surface area contributed by atoms with E-state index in [1.165, 1.54) is 229 Å². The molecule has 0 saturated carbocycles. The predicted octanol–water partition coefficient (Wildman–Crippen LogP) is 13.5. The molecule has 0 aliphatic carbocycles. The van der Waals surface area contributed by atoms with E-state index >= 15 is 0 Å². The third-order valence-corrected chi connectivity index (χ3v) is 19.5. The lowest BCUT2D eigenvalue weighted by molar-refractivity contribution is -0.0238. The fourth-order valence-electron chi connectivity index (χ4n) is 10.2. The third kappa shape index (κ3) is 88.3. The zero-order valence-corrected chi connectivity index (χ0v) is 65.3. The molecule has 23 heteroatoms. The summed E-state index contributed by atoms with van der Waals surface area (Å²) in [6.07, 6.45) is 45.2. The third-order valence-electron chi connectivity index (χ3n) is 15.9. The summed E-state index contributed by atoms with van der Waals surface area (Å²) in [5.41, 5.74) is 0. The van der Waals surface area contributed by atoms with Gasteiger partial charge in [-0.1, -0.05) is 194 Å². The van der Waals surface area contributed by atoms with Gasteiger partial charge in [0.05, 0.1) is 225 Å². The van der Waals surface area contributed by atoms with Crippen molar-refractivity contribution >= 4 is 33.9 Å². The number of rotatable bonds is 90. The summed E-state index contributed by atoms with van der Waals surface area (Å²) in [6.45, 7) is 23.8. The maximum absolute atomic E-state index is 12.0. The lowest BCUT2D eigenvalue weighted by Gasteiger charge is -2.09. The van der Waals surface area contributed by atoms with Crippen LogP contribution in [0.3, 0.4) is 0 Å². The highest BCUT2D eigenvalue weighted by molar-refractivity contribution is 7.81. The van der Waals surface area contributed by atoms with Gasteiger partial charge >= 0.3 is 10.4 Å². The molecule has 0 bridgehead atoms. The van der Waals surface area contributed by atoms with Gasteiger partial charge in [-0.05, 0) is 63.1 Å². The van der Waals surface area contributed by atoms with Crippen molar-refractivity contribution in [2.45, 2.75) is 244 Å². The molecule has 2 atom stereocenters. The lowest BCUT2D eigenvalue weighted by Crippen LogP contribution is -2.18. The summed E-state index contributed by atoms with van der Waals surface area (Å²) < 4.78 is 122. The minimum atomic E-state index is -4.17. The zero-order valence-electron chi connectivity index (χ0n) is 62.7. The Kier molecular flexibility index (Phi) is 86.5. The smallest absolute Gasteiger partial charge is 0.377 e. The van der Waals surface area contributed by atoms with Crippen molar-refractivity contribution in [3.05, 3.63) is 0 Å². The van der Waals surface area contributed by atoms with Crippen LogP contribution in [-0.4, -0.2) is 255 Å². The van der Waals surface area contributed by atoms with Gasteiger partial charge in [-0.25, -0.2) is 8.37 Å². The summed E-state index contributed by atoms with van der Waals surface area (Å²) in [6, 6.07) is 0. The maximum Gasteiger partial charge on any atom is 0.400 e. The molecule has 0 radical (unpaired) electrons. The van der Waals surface area contributed by atoms with Crippen LogP contribution in [0, 0.1) is 0 Å². The lowest BCUT2D eigenvalue weighted by atomic mass is 10.0. The van der Waals surface area contributed by atoms with Crippen LogP contribution in [-0.2, 0) is 118 Å². The van der Waals surface area contributed by atoms with Crippen LogP contribution >= 0.6 is 0 Å². The molecule has 584 valence electrons. The fraction of sp³-hybridized carbons (Fsp3) is 1.00. The van der Waals surface area contributed by atoms with Gasteiger partial charge in [0.15, 0.2) is 0 Å². The summed E-state index contributed by atoms with van der Waals surface area (Å²) in [7, 11) is -4.17. The van der Waals surface area contributed by atoms with Gasteiger partial charge in [0.25, 0.3) is 0 Å². The molecule has 0 heterocycles. The van der Waals surface area contributed by atoms with E-state index in [2.05, 4.69) is 27.7 Å². The Bertz CT molecular complexity index is 1440. The molecule has 0 aromatic carbocycles. The fourth-order valence-corrected chi connectivity index (χ4v) is 12.9. The Labute approximate surface area is 603 Å². The molecule has 97 heavy (non-hydrogen) atoms. The molecule has 0 spiro atoms. The van der Waals surface area contributed by atoms with Crippen LogP contribution in [0.5, 0.6) is 0 Å². The van der Waals surface area contributed by atoms with Crippen LogP contribution in [0.4, 0.5) is 0 Å². The SMILES string of the molecule is CCCCCCCCCCCCCCCCCC(C)[SH+]CCOCCOCCOCCOCCOCCOCCOCCOCCOS(=O)(=O)OCCOCCOCCOCCOCCOCCOCCOCCOCC[SH+]C(C)CCCCCCCCCCCCCCCCC. The molecule has 0 aromatic rings. The Hall–Kier alpha value is -0.0700. The van der Waals surface area contributed by atoms with E-state index < -0.39 is 10.4 Å². The second kappa shape index (κ2) is 86.6. The van der Waals surface area contributed by atoms with E-state index in [0.717, 1.165) is 35.2 Å². The van der Waals surface area contributed by atoms with Gasteiger partial charge in [0, 0.05) is 0 Å². The largest absolute Gasteiger partial charge is 0.400 e. The number of ether oxygens (including phenoxy) is 16. The van der Waals surface area contributed by atoms with E-state index in [-0.39, 0.29) is 39.6 Å². The summed E-state index contributed by atoms with van der Waals surface area (Å²) >= 11 is 3.00. The molecule has 0 aromatic heterocycles. The molecular formula is C74H152O20S3+2. The number of hydrogen-bond donors (Lipinski definition) is 0. The van der Waals surface area contributed by atoms with Crippen LogP contribution in [0.15, 0.2) is 0 Å². The van der Waals surface area contributed by atoms with Crippen LogP contribution < -0.4 is 0 Å². The monoisotopic (exact) mass is 1460 g/mol. The molecule has 0 fully saturated rings. The van der Waals surface area contributed by atoms with Crippen LogP contribution in [0.1, 0.15) is 233 Å². The molecule has 0 saturated heterocycles. The Balaban J connectivity index is 3.25. The molecule has 2 unspecified atom stereocenters. The van der Waals surface area contributed by atoms with Crippen molar-refractivity contribution in [3.8, 4) is 0 Å². The number of hydrogen-bond acceptors (Lipinski definition) is 20. The highest BCUT2D eigenvalue weighted by atomic mass is 32.3. The van der Waals surface area contributed by atoms with Crippen molar-refractivity contribution in [2.75, 3.05) is 236 Å². The highest BCUT2D eigenvalue weighted by Crippen LogP contribution is 2.17. The molecular weight excluding hydrogens is 1300 g/mol. The first-order chi connectivity index (χ1) is 47.9. The Morgan fingerprint density at radius 3 is 0.526 bits per heavy atom. The van der Waals surface area contributed by atoms with E-state index in [1.807, 2.05) is 0 Å². The van der Waals surface area contributed by atoms with E-state index in [4.69, 9.17) is 84.2 Å². The van der Waals surface area contributed by atoms with Gasteiger partial charge < -0.3 is 75.8 Å². The molecule has 0 aliphatic heterocycles. The van der Waals surface area contributed by atoms with E-state index in [0.29, 0.717) is 172 Å². The van der Waals surface area contributed by atoms with E-state index in [9.17, 15) is 8.42 Å². The molecule has 0 amide bonds. The minimum absolute atomic E-state index is 0.0601. The Morgan fingerprint density at radius 1 is 0.206 bits per heavy atom. The van der Waals surface area contributed by atoms with Crippen LogP contribution in [0.2, 0.25) is 0 Å². The van der Waals surface area contributed by atoms with Gasteiger partial charge in [0.1, 0.15) is 22.0 Å². The van der Waals surface area contributed by atoms with Gasteiger partial charge in [-0.3, -0.25) is 0 Å². The average molecular weight is 1460 g/mol. The first-order valence-electron chi connectivity index (χ1n) is 39.0. The topological polar surface area (TPSA) is 200 Å². The van der Waals surface area contributed by atoms with Crippen molar-refractivity contribution in [2.24, 2.45) is 0 Å². The van der Waals surface area contributed by atoms with Crippen molar-refractivity contribution in [1.82, 2.24) is 0 Å². The highest BCUT2D eigenvalue weighted by Gasteiger charge is 2.13. The number of unbranched alkanes of at least 4 members (excludes halogenated alkanes) is 28. The van der Waals surface area contributed by atoms with Gasteiger partial charge in [-0.15, -0.1) is 0 Å². The first-order valence-corrected chi connectivity index (χ1v) is 42.6. The first kappa shape index (κ1) is 96.9. The summed E-state index contributed by atoms with van der Waals surface area (Å²) in [5, 5.41) is 1.50. The maximum atomic E-state index is 12.0. The van der Waals surface area contributed by atoms with Crippen molar-refractivity contribution in [3.63, 3.8) is 0 Å². The quantitative estimate of drug-likeness (QED) is 0.0316. The van der Waals surface area contributed by atoms with Crippen molar-refractivity contribution < 1.29 is 92.6 Å². The van der Waals surface area contributed by atoms with Crippen LogP contribution in [0.25, 0.3) is 0 Å². The average Bonchev–Trinajstić information content (AvgIpc) is 2.75.